The first kappa shape index (κ1) is 17.0. The predicted molar refractivity (Wildman–Crippen MR) is 75.4 cm³/mol. The van der Waals surface area contributed by atoms with E-state index in [1.165, 1.54) is 0 Å². The van der Waals surface area contributed by atoms with Crippen molar-refractivity contribution < 1.29 is 34.1 Å². The van der Waals surface area contributed by atoms with Crippen LogP contribution in [-0.2, 0) is 19.1 Å². The highest BCUT2D eigenvalue weighted by Crippen LogP contribution is 2.62. The van der Waals surface area contributed by atoms with Gasteiger partial charge in [-0.25, -0.2) is 9.59 Å². The maximum atomic E-state index is 12.0. The summed E-state index contributed by atoms with van der Waals surface area (Å²) in [6.45, 7) is 4.89. The number of hydrogen-bond donors (Lipinski definition) is 4. The Bertz CT molecular complexity index is 556. The number of carboxylic acids is 2. The molecule has 0 unspecified atom stereocenters. The Morgan fingerprint density at radius 1 is 1.26 bits per heavy atom. The summed E-state index contributed by atoms with van der Waals surface area (Å²) in [5, 5.41) is 23.6. The number of alkyl carbamates (subject to hydrolysis) is 1. The molecule has 2 aliphatic carbocycles. The molecule has 0 aliphatic heterocycles. The maximum Gasteiger partial charge on any atom is 0.408 e. The van der Waals surface area contributed by atoms with Crippen LogP contribution in [0.2, 0.25) is 0 Å². The molecule has 2 aliphatic rings. The zero-order valence-corrected chi connectivity index (χ0v) is 13.0. The molecule has 9 nitrogen and oxygen atoms in total. The fourth-order valence-corrected chi connectivity index (χ4v) is 3.57. The minimum Gasteiger partial charge on any atom is -0.481 e. The first-order valence-electron chi connectivity index (χ1n) is 7.20. The standard InChI is InChI=1S/C14H20N2O7/c1-13(2,3)23-12(22)16-14(11(20)21)4-6(15-5-17)7-8(9(7)14)10(18)19/h5-9H,4H2,1-3H3,(H,15,17)(H,16,22)(H,18,19)(H,20,21)/t6-,7+,8-,9-,14+/m1/s1. The van der Waals surface area contributed by atoms with Gasteiger partial charge >= 0.3 is 18.0 Å². The van der Waals surface area contributed by atoms with Crippen LogP contribution in [0.3, 0.4) is 0 Å². The SMILES string of the molecule is CC(C)(C)OC(=O)N[C@@]1(C(=O)O)C[C@@H](NC=O)[C@H]2[C@@H](C(=O)O)[C@@H]21. The maximum absolute atomic E-state index is 12.0. The topological polar surface area (TPSA) is 142 Å². The summed E-state index contributed by atoms with van der Waals surface area (Å²) in [7, 11) is 0. The molecular formula is C14H20N2O7. The zero-order chi connectivity index (χ0) is 17.6. The normalized spacial score (nSPS) is 34.9. The number of aliphatic carboxylic acids is 2. The van der Waals surface area contributed by atoms with Crippen LogP contribution in [0, 0.1) is 17.8 Å². The van der Waals surface area contributed by atoms with E-state index in [4.69, 9.17) is 4.74 Å². The quantitative estimate of drug-likeness (QED) is 0.512. The van der Waals surface area contributed by atoms with Gasteiger partial charge in [0.05, 0.1) is 5.92 Å². The Balaban J connectivity index is 2.26. The van der Waals surface area contributed by atoms with E-state index in [1.54, 1.807) is 20.8 Å². The summed E-state index contributed by atoms with van der Waals surface area (Å²) in [4.78, 5) is 45.8. The van der Waals surface area contributed by atoms with Crippen molar-refractivity contribution in [1.82, 2.24) is 10.6 Å². The Kier molecular flexibility index (Phi) is 4.00. The third-order valence-electron chi connectivity index (χ3n) is 4.32. The molecule has 128 valence electrons. The fraction of sp³-hybridized carbons (Fsp3) is 0.714. The minimum absolute atomic E-state index is 0.0839. The molecule has 5 atom stereocenters. The number of carboxylic acid groups (broad SMARTS) is 2. The van der Waals surface area contributed by atoms with Crippen LogP contribution in [0.4, 0.5) is 4.79 Å². The second-order valence-electron chi connectivity index (χ2n) is 6.97. The van der Waals surface area contributed by atoms with Gasteiger partial charge in [0.1, 0.15) is 11.1 Å². The third-order valence-corrected chi connectivity index (χ3v) is 4.32. The van der Waals surface area contributed by atoms with Crippen molar-refractivity contribution in [1.29, 1.82) is 0 Å². The molecule has 2 rings (SSSR count). The largest absolute Gasteiger partial charge is 0.481 e. The summed E-state index contributed by atoms with van der Waals surface area (Å²) < 4.78 is 5.08. The minimum atomic E-state index is -1.77. The molecular weight excluding hydrogens is 308 g/mol. The van der Waals surface area contributed by atoms with Crippen molar-refractivity contribution in [3.63, 3.8) is 0 Å². The van der Waals surface area contributed by atoms with E-state index in [9.17, 15) is 29.4 Å². The van der Waals surface area contributed by atoms with E-state index >= 15 is 0 Å². The van der Waals surface area contributed by atoms with Crippen molar-refractivity contribution in [2.45, 2.75) is 44.4 Å². The van der Waals surface area contributed by atoms with Gasteiger partial charge in [0.15, 0.2) is 0 Å². The monoisotopic (exact) mass is 328 g/mol. The van der Waals surface area contributed by atoms with Gasteiger partial charge in [-0.15, -0.1) is 0 Å². The van der Waals surface area contributed by atoms with Gasteiger partial charge in [-0.2, -0.15) is 0 Å². The number of carbonyl (C=O) groups is 4. The van der Waals surface area contributed by atoms with Crippen molar-refractivity contribution in [2.24, 2.45) is 17.8 Å². The van der Waals surface area contributed by atoms with Crippen molar-refractivity contribution in [3.05, 3.63) is 0 Å². The third kappa shape index (κ3) is 2.95. The van der Waals surface area contributed by atoms with Crippen LogP contribution < -0.4 is 10.6 Å². The van der Waals surface area contributed by atoms with Gasteiger partial charge in [-0.3, -0.25) is 9.59 Å². The highest BCUT2D eigenvalue weighted by Gasteiger charge is 2.75. The summed E-state index contributed by atoms with van der Waals surface area (Å²) in [5.41, 5.74) is -2.59. The van der Waals surface area contributed by atoms with Crippen molar-refractivity contribution in [2.75, 3.05) is 0 Å². The molecule has 0 aromatic carbocycles. The highest BCUT2D eigenvalue weighted by molar-refractivity contribution is 5.89. The first-order chi connectivity index (χ1) is 10.5. The molecule has 23 heavy (non-hydrogen) atoms. The van der Waals surface area contributed by atoms with E-state index in [0.717, 1.165) is 0 Å². The lowest BCUT2D eigenvalue weighted by Crippen LogP contribution is -2.58. The molecule has 0 spiro atoms. The molecule has 2 fully saturated rings. The molecule has 0 heterocycles. The Hall–Kier alpha value is -2.32. The smallest absolute Gasteiger partial charge is 0.408 e. The van der Waals surface area contributed by atoms with Crippen LogP contribution in [0.15, 0.2) is 0 Å². The van der Waals surface area contributed by atoms with Gasteiger partial charge in [-0.1, -0.05) is 0 Å². The Morgan fingerprint density at radius 2 is 1.87 bits per heavy atom. The molecule has 0 radical (unpaired) electrons. The molecule has 0 bridgehead atoms. The summed E-state index contributed by atoms with van der Waals surface area (Å²) in [6.07, 6.45) is -0.606. The van der Waals surface area contributed by atoms with E-state index in [0.29, 0.717) is 6.41 Å². The lowest BCUT2D eigenvalue weighted by molar-refractivity contribution is -0.147. The Labute approximate surface area is 132 Å². The van der Waals surface area contributed by atoms with Crippen molar-refractivity contribution >= 4 is 24.4 Å². The van der Waals surface area contributed by atoms with E-state index in [-0.39, 0.29) is 6.42 Å². The van der Waals surface area contributed by atoms with Crippen LogP contribution in [0.25, 0.3) is 0 Å². The fourth-order valence-electron chi connectivity index (χ4n) is 3.57. The van der Waals surface area contributed by atoms with Crippen LogP contribution in [0.5, 0.6) is 0 Å². The molecule has 9 heteroatoms. The molecule has 2 saturated carbocycles. The van der Waals surface area contributed by atoms with E-state index < -0.39 is 53.0 Å². The first-order valence-corrected chi connectivity index (χ1v) is 7.20. The van der Waals surface area contributed by atoms with Crippen LogP contribution >= 0.6 is 0 Å². The molecule has 4 N–H and O–H groups in total. The number of rotatable bonds is 5. The van der Waals surface area contributed by atoms with E-state index in [2.05, 4.69) is 10.6 Å². The summed E-state index contributed by atoms with van der Waals surface area (Å²) >= 11 is 0. The molecule has 2 amide bonds. The number of hydrogen-bond acceptors (Lipinski definition) is 5. The van der Waals surface area contributed by atoms with Gasteiger partial charge in [0.2, 0.25) is 6.41 Å². The average molecular weight is 328 g/mol. The summed E-state index contributed by atoms with van der Waals surface area (Å²) in [6, 6.07) is -0.621. The lowest BCUT2D eigenvalue weighted by atomic mass is 9.89. The number of ether oxygens (including phenoxy) is 1. The number of nitrogens with one attached hydrogen (secondary N) is 2. The van der Waals surface area contributed by atoms with Gasteiger partial charge in [0.25, 0.3) is 0 Å². The molecule has 0 aromatic heterocycles. The zero-order valence-electron chi connectivity index (χ0n) is 13.0. The number of fused-ring (bicyclic) bond motifs is 1. The number of carbonyl (C=O) groups excluding carboxylic acids is 2. The second kappa shape index (κ2) is 5.39. The summed E-state index contributed by atoms with van der Waals surface area (Å²) in [5.74, 6) is -4.72. The molecule has 0 aromatic rings. The van der Waals surface area contributed by atoms with E-state index in [1.807, 2.05) is 0 Å². The van der Waals surface area contributed by atoms with Crippen LogP contribution in [0.1, 0.15) is 27.2 Å². The lowest BCUT2D eigenvalue weighted by Gasteiger charge is -2.31. The predicted octanol–water partition coefficient (Wildman–Crippen LogP) is -0.200. The molecule has 0 saturated heterocycles. The second-order valence-corrected chi connectivity index (χ2v) is 6.97. The van der Waals surface area contributed by atoms with Gasteiger partial charge < -0.3 is 25.6 Å². The van der Waals surface area contributed by atoms with Crippen LogP contribution in [-0.4, -0.2) is 51.8 Å². The Morgan fingerprint density at radius 3 is 2.30 bits per heavy atom. The average Bonchev–Trinajstić information content (AvgIpc) is 3.03. The van der Waals surface area contributed by atoms with Gasteiger partial charge in [0, 0.05) is 18.4 Å². The van der Waals surface area contributed by atoms with Crippen molar-refractivity contribution in [3.8, 4) is 0 Å². The highest BCUT2D eigenvalue weighted by atomic mass is 16.6. The number of amides is 2. The van der Waals surface area contributed by atoms with Gasteiger partial charge in [-0.05, 0) is 26.7 Å².